The number of amides is 1. The topological polar surface area (TPSA) is 80.4 Å². The molecule has 6 nitrogen and oxygen atoms in total. The Kier molecular flexibility index (Phi) is 9.21. The van der Waals surface area contributed by atoms with E-state index in [0.29, 0.717) is 13.0 Å². The molecule has 6 heteroatoms. The van der Waals surface area contributed by atoms with Crippen LogP contribution < -0.4 is 5.32 Å². The number of fused-ring (bicyclic) bond motifs is 1. The highest BCUT2D eigenvalue weighted by Crippen LogP contribution is 2.20. The lowest BCUT2D eigenvalue weighted by Gasteiger charge is -2.23. The third-order valence-electron chi connectivity index (χ3n) is 4.82. The third-order valence-corrected chi connectivity index (χ3v) is 4.82. The van der Waals surface area contributed by atoms with Crippen molar-refractivity contribution in [3.8, 4) is 0 Å². The molecule has 0 radical (unpaired) electrons. The maximum absolute atomic E-state index is 12.7. The SMILES string of the molecule is CCCCCCCCOC(=O)[C@H](Cc1c[nH]c2ccccc12)NC(=O)OC(C)(C)C. The van der Waals surface area contributed by atoms with Crippen molar-refractivity contribution in [2.45, 2.75) is 84.3 Å². The average Bonchev–Trinajstić information content (AvgIpc) is 3.08. The van der Waals surface area contributed by atoms with Crippen LogP contribution in [0.2, 0.25) is 0 Å². The van der Waals surface area contributed by atoms with E-state index in [1.807, 2.05) is 30.5 Å². The Morgan fingerprint density at radius 2 is 1.77 bits per heavy atom. The van der Waals surface area contributed by atoms with Crippen molar-refractivity contribution in [2.75, 3.05) is 6.61 Å². The standard InChI is InChI=1S/C24H36N2O4/c1-5-6-7-8-9-12-15-29-22(27)21(26-23(28)30-24(2,3)4)16-18-17-25-20-14-11-10-13-19(18)20/h10-11,13-14,17,21,25H,5-9,12,15-16H2,1-4H3,(H,26,28)/t21-/m0/s1. The van der Waals surface area contributed by atoms with Crippen molar-refractivity contribution in [3.05, 3.63) is 36.0 Å². The molecule has 2 N–H and O–H groups in total. The van der Waals surface area contributed by atoms with Gasteiger partial charge in [0.05, 0.1) is 6.61 Å². The highest BCUT2D eigenvalue weighted by molar-refractivity contribution is 5.86. The van der Waals surface area contributed by atoms with Gasteiger partial charge >= 0.3 is 12.1 Å². The van der Waals surface area contributed by atoms with Crippen LogP contribution in [0.5, 0.6) is 0 Å². The Morgan fingerprint density at radius 1 is 1.07 bits per heavy atom. The first kappa shape index (κ1) is 23.8. The summed E-state index contributed by atoms with van der Waals surface area (Å²) < 4.78 is 10.8. The molecular weight excluding hydrogens is 380 g/mol. The van der Waals surface area contributed by atoms with Gasteiger partial charge in [0, 0.05) is 23.5 Å². The lowest BCUT2D eigenvalue weighted by Crippen LogP contribution is -2.45. The van der Waals surface area contributed by atoms with Crippen LogP contribution >= 0.6 is 0 Å². The zero-order chi connectivity index (χ0) is 22.0. The Hall–Kier alpha value is -2.50. The van der Waals surface area contributed by atoms with Crippen molar-refractivity contribution in [1.29, 1.82) is 0 Å². The zero-order valence-electron chi connectivity index (χ0n) is 18.8. The summed E-state index contributed by atoms with van der Waals surface area (Å²) in [6.07, 6.45) is 8.28. The molecule has 2 aromatic rings. The van der Waals surface area contributed by atoms with Gasteiger partial charge in [-0.05, 0) is 38.8 Å². The summed E-state index contributed by atoms with van der Waals surface area (Å²) in [5.74, 6) is -0.431. The van der Waals surface area contributed by atoms with Gasteiger partial charge < -0.3 is 19.8 Å². The monoisotopic (exact) mass is 416 g/mol. The summed E-state index contributed by atoms with van der Waals surface area (Å²) in [4.78, 5) is 28.2. The Bertz CT molecular complexity index is 807. The van der Waals surface area contributed by atoms with E-state index in [9.17, 15) is 9.59 Å². The number of benzene rings is 1. The number of ether oxygens (including phenoxy) is 2. The first-order valence-electron chi connectivity index (χ1n) is 11.0. The minimum absolute atomic E-state index is 0.332. The predicted octanol–water partition coefficient (Wildman–Crippen LogP) is 5.51. The summed E-state index contributed by atoms with van der Waals surface area (Å²) >= 11 is 0. The second-order valence-corrected chi connectivity index (χ2v) is 8.70. The smallest absolute Gasteiger partial charge is 0.408 e. The number of carbonyl (C=O) groups is 2. The van der Waals surface area contributed by atoms with Crippen molar-refractivity contribution >= 4 is 23.0 Å². The van der Waals surface area contributed by atoms with Gasteiger partial charge in [0.15, 0.2) is 0 Å². The fraction of sp³-hybridized carbons (Fsp3) is 0.583. The number of H-pyrrole nitrogens is 1. The van der Waals surface area contributed by atoms with Crippen LogP contribution in [0.25, 0.3) is 10.9 Å². The molecule has 2 rings (SSSR count). The first-order chi connectivity index (χ1) is 14.3. The number of unbranched alkanes of at least 4 members (excludes halogenated alkanes) is 5. The Labute approximate surface area is 179 Å². The normalized spacial score (nSPS) is 12.5. The predicted molar refractivity (Wildman–Crippen MR) is 119 cm³/mol. The second-order valence-electron chi connectivity index (χ2n) is 8.70. The summed E-state index contributed by atoms with van der Waals surface area (Å²) in [7, 11) is 0. The van der Waals surface area contributed by atoms with Gasteiger partial charge in [-0.1, -0.05) is 57.2 Å². The highest BCUT2D eigenvalue weighted by atomic mass is 16.6. The number of carbonyl (C=O) groups excluding carboxylic acids is 2. The fourth-order valence-corrected chi connectivity index (χ4v) is 3.32. The highest BCUT2D eigenvalue weighted by Gasteiger charge is 2.26. The lowest BCUT2D eigenvalue weighted by atomic mass is 10.1. The average molecular weight is 417 g/mol. The van der Waals surface area contributed by atoms with Crippen LogP contribution in [0.3, 0.4) is 0 Å². The Morgan fingerprint density at radius 3 is 2.50 bits per heavy atom. The van der Waals surface area contributed by atoms with Gasteiger partial charge in [-0.2, -0.15) is 0 Å². The largest absolute Gasteiger partial charge is 0.464 e. The van der Waals surface area contributed by atoms with Gasteiger partial charge in [0.1, 0.15) is 11.6 Å². The number of hydrogen-bond acceptors (Lipinski definition) is 4. The van der Waals surface area contributed by atoms with Crippen LogP contribution in [-0.2, 0) is 20.7 Å². The van der Waals surface area contributed by atoms with E-state index in [0.717, 1.165) is 35.7 Å². The molecule has 0 spiro atoms. The van der Waals surface area contributed by atoms with E-state index < -0.39 is 23.7 Å². The number of para-hydroxylation sites is 1. The molecular formula is C24H36N2O4. The number of alkyl carbamates (subject to hydrolysis) is 1. The minimum Gasteiger partial charge on any atom is -0.464 e. The molecule has 30 heavy (non-hydrogen) atoms. The molecule has 0 unspecified atom stereocenters. The molecule has 0 aliphatic rings. The van der Waals surface area contributed by atoms with E-state index >= 15 is 0 Å². The molecule has 0 bridgehead atoms. The fourth-order valence-electron chi connectivity index (χ4n) is 3.32. The zero-order valence-corrected chi connectivity index (χ0v) is 18.8. The van der Waals surface area contributed by atoms with Gasteiger partial charge in [-0.3, -0.25) is 0 Å². The molecule has 1 aromatic heterocycles. The molecule has 0 fully saturated rings. The van der Waals surface area contributed by atoms with Crippen LogP contribution in [0.1, 0.15) is 71.8 Å². The van der Waals surface area contributed by atoms with Crippen molar-refractivity contribution in [1.82, 2.24) is 10.3 Å². The number of aromatic amines is 1. The Balaban J connectivity index is 1.98. The van der Waals surface area contributed by atoms with Crippen LogP contribution in [-0.4, -0.2) is 35.3 Å². The molecule has 1 aromatic carbocycles. The summed E-state index contributed by atoms with van der Waals surface area (Å²) in [6, 6.07) is 7.07. The van der Waals surface area contributed by atoms with E-state index in [2.05, 4.69) is 17.2 Å². The van der Waals surface area contributed by atoms with Crippen LogP contribution in [0.4, 0.5) is 4.79 Å². The number of hydrogen-bond donors (Lipinski definition) is 2. The van der Waals surface area contributed by atoms with Gasteiger partial charge in [-0.25, -0.2) is 9.59 Å². The number of rotatable bonds is 11. The van der Waals surface area contributed by atoms with E-state index in [1.54, 1.807) is 20.8 Å². The maximum Gasteiger partial charge on any atom is 0.408 e. The molecule has 1 heterocycles. The number of esters is 1. The van der Waals surface area contributed by atoms with Crippen molar-refractivity contribution in [2.24, 2.45) is 0 Å². The number of aromatic nitrogens is 1. The van der Waals surface area contributed by atoms with Gasteiger partial charge in [-0.15, -0.1) is 0 Å². The lowest BCUT2D eigenvalue weighted by molar-refractivity contribution is -0.146. The molecule has 0 aliphatic carbocycles. The molecule has 1 atom stereocenters. The second kappa shape index (κ2) is 11.6. The minimum atomic E-state index is -0.806. The molecule has 166 valence electrons. The van der Waals surface area contributed by atoms with Crippen LogP contribution in [0.15, 0.2) is 30.5 Å². The molecule has 0 aliphatic heterocycles. The third kappa shape index (κ3) is 8.09. The first-order valence-corrected chi connectivity index (χ1v) is 11.0. The van der Waals surface area contributed by atoms with E-state index in [1.165, 1.54) is 19.3 Å². The van der Waals surface area contributed by atoms with Crippen LogP contribution in [0, 0.1) is 0 Å². The maximum atomic E-state index is 12.7. The van der Waals surface area contributed by atoms with Gasteiger partial charge in [0.2, 0.25) is 0 Å². The van der Waals surface area contributed by atoms with E-state index in [4.69, 9.17) is 9.47 Å². The van der Waals surface area contributed by atoms with Crippen molar-refractivity contribution < 1.29 is 19.1 Å². The van der Waals surface area contributed by atoms with Gasteiger partial charge in [0.25, 0.3) is 0 Å². The van der Waals surface area contributed by atoms with Crippen molar-refractivity contribution in [3.63, 3.8) is 0 Å². The molecule has 1 amide bonds. The molecule has 0 saturated heterocycles. The van der Waals surface area contributed by atoms with E-state index in [-0.39, 0.29) is 0 Å². The quantitative estimate of drug-likeness (QED) is 0.374. The summed E-state index contributed by atoms with van der Waals surface area (Å²) in [6.45, 7) is 7.92. The molecule has 0 saturated carbocycles. The summed E-state index contributed by atoms with van der Waals surface area (Å²) in [5.41, 5.74) is 1.30. The summed E-state index contributed by atoms with van der Waals surface area (Å²) in [5, 5.41) is 3.72. The number of nitrogens with one attached hydrogen (secondary N) is 2.